The molecule has 148 valence electrons. The van der Waals surface area contributed by atoms with Crippen LogP contribution < -0.4 is 4.74 Å². The molecule has 0 spiro atoms. The first kappa shape index (κ1) is 18.1. The Kier molecular flexibility index (Phi) is 5.08. The molecule has 0 aromatic heterocycles. The molecule has 1 saturated heterocycles. The van der Waals surface area contributed by atoms with Crippen molar-refractivity contribution in [2.45, 2.75) is 38.6 Å². The average molecular weight is 380 g/mol. The largest absolute Gasteiger partial charge is 0.426 e. The molecule has 1 aliphatic heterocycles. The number of ether oxygens (including phenoxy) is 2. The summed E-state index contributed by atoms with van der Waals surface area (Å²) >= 11 is 0. The van der Waals surface area contributed by atoms with Crippen LogP contribution in [0.4, 0.5) is 0 Å². The highest BCUT2D eigenvalue weighted by Crippen LogP contribution is 2.49. The topological polar surface area (TPSA) is 38.8 Å². The van der Waals surface area contributed by atoms with E-state index in [0.29, 0.717) is 12.3 Å². The highest BCUT2D eigenvalue weighted by molar-refractivity contribution is 5.88. The molecule has 5 rings (SSSR count). The van der Waals surface area contributed by atoms with Crippen molar-refractivity contribution in [1.82, 2.24) is 4.90 Å². The van der Waals surface area contributed by atoms with Crippen molar-refractivity contribution >= 4 is 16.7 Å². The second kappa shape index (κ2) is 7.84. The highest BCUT2D eigenvalue weighted by atomic mass is 16.5. The quantitative estimate of drug-likeness (QED) is 0.570. The molecule has 2 aromatic rings. The third-order valence-corrected chi connectivity index (χ3v) is 7.02. The Labute approximate surface area is 166 Å². The molecule has 3 aliphatic rings. The van der Waals surface area contributed by atoms with Gasteiger partial charge in [0.1, 0.15) is 5.75 Å². The number of hydrogen-bond donors (Lipinski definition) is 0. The number of benzene rings is 2. The van der Waals surface area contributed by atoms with E-state index in [0.717, 1.165) is 56.0 Å². The molecule has 28 heavy (non-hydrogen) atoms. The average Bonchev–Trinajstić information content (AvgIpc) is 3.34. The summed E-state index contributed by atoms with van der Waals surface area (Å²) in [5.41, 5.74) is 1.13. The van der Waals surface area contributed by atoms with E-state index in [1.165, 1.54) is 36.5 Å². The van der Waals surface area contributed by atoms with Gasteiger partial charge < -0.3 is 9.47 Å². The van der Waals surface area contributed by atoms with Crippen molar-refractivity contribution in [3.8, 4) is 5.75 Å². The third kappa shape index (κ3) is 3.68. The summed E-state index contributed by atoms with van der Waals surface area (Å²) in [6.07, 6.45) is 5.80. The van der Waals surface area contributed by atoms with Gasteiger partial charge in [0.25, 0.3) is 0 Å². The van der Waals surface area contributed by atoms with E-state index in [1.54, 1.807) is 0 Å². The Balaban J connectivity index is 1.36. The van der Waals surface area contributed by atoms with Gasteiger partial charge in [-0.2, -0.15) is 0 Å². The van der Waals surface area contributed by atoms with E-state index in [-0.39, 0.29) is 5.97 Å². The zero-order valence-electron chi connectivity index (χ0n) is 16.4. The second-order valence-electron chi connectivity index (χ2n) is 8.77. The second-order valence-corrected chi connectivity index (χ2v) is 8.77. The maximum atomic E-state index is 12.8. The van der Waals surface area contributed by atoms with Crippen LogP contribution in [0.5, 0.6) is 5.75 Å². The molecular weight excluding hydrogens is 350 g/mol. The molecular formula is C24H29NO3. The van der Waals surface area contributed by atoms with Crippen LogP contribution in [0, 0.1) is 17.8 Å². The van der Waals surface area contributed by atoms with E-state index >= 15 is 0 Å². The van der Waals surface area contributed by atoms with Gasteiger partial charge >= 0.3 is 5.97 Å². The lowest BCUT2D eigenvalue weighted by atomic mass is 9.86. The van der Waals surface area contributed by atoms with Crippen molar-refractivity contribution in [2.24, 2.45) is 17.8 Å². The molecule has 0 radical (unpaired) electrons. The lowest BCUT2D eigenvalue weighted by Gasteiger charge is -2.28. The Morgan fingerprint density at radius 2 is 1.93 bits per heavy atom. The predicted molar refractivity (Wildman–Crippen MR) is 109 cm³/mol. The van der Waals surface area contributed by atoms with Crippen molar-refractivity contribution in [1.29, 1.82) is 0 Å². The number of hydrogen-bond acceptors (Lipinski definition) is 4. The standard InChI is InChI=1S/C24H29NO3/c26-24(15-20-14-17-5-6-19(20)13-17)28-23-8-7-18-3-1-2-4-21(18)22(23)16-25-9-11-27-12-10-25/h1-4,7-8,17,19-20H,5-6,9-16H2/t17-,19-,20+/m1/s1. The first-order valence-electron chi connectivity index (χ1n) is 10.8. The van der Waals surface area contributed by atoms with Gasteiger partial charge in [0.2, 0.25) is 0 Å². The van der Waals surface area contributed by atoms with Crippen LogP contribution in [-0.4, -0.2) is 37.2 Å². The number of nitrogens with zero attached hydrogens (tertiary/aromatic N) is 1. The van der Waals surface area contributed by atoms with Gasteiger partial charge in [-0.1, -0.05) is 36.8 Å². The van der Waals surface area contributed by atoms with Crippen LogP contribution in [0.2, 0.25) is 0 Å². The van der Waals surface area contributed by atoms with E-state index < -0.39 is 0 Å². The molecule has 0 unspecified atom stereocenters. The number of morpholine rings is 1. The molecule has 0 N–H and O–H groups in total. The fourth-order valence-electron chi connectivity index (χ4n) is 5.56. The van der Waals surface area contributed by atoms with Crippen LogP contribution in [0.3, 0.4) is 0 Å². The summed E-state index contributed by atoms with van der Waals surface area (Å²) in [7, 11) is 0. The molecule has 2 aromatic carbocycles. The molecule has 0 amide bonds. The van der Waals surface area contributed by atoms with Crippen LogP contribution in [0.25, 0.3) is 10.8 Å². The number of fused-ring (bicyclic) bond motifs is 3. The summed E-state index contributed by atoms with van der Waals surface area (Å²) in [5, 5.41) is 2.37. The van der Waals surface area contributed by atoms with E-state index in [1.807, 2.05) is 6.07 Å². The molecule has 2 saturated carbocycles. The van der Waals surface area contributed by atoms with Gasteiger partial charge in [0.15, 0.2) is 0 Å². The predicted octanol–water partition coefficient (Wildman–Crippen LogP) is 4.40. The van der Waals surface area contributed by atoms with E-state index in [4.69, 9.17) is 9.47 Å². The lowest BCUT2D eigenvalue weighted by Crippen LogP contribution is -2.35. The smallest absolute Gasteiger partial charge is 0.311 e. The van der Waals surface area contributed by atoms with E-state index in [9.17, 15) is 4.79 Å². The van der Waals surface area contributed by atoms with Gasteiger partial charge in [-0.25, -0.2) is 0 Å². The van der Waals surface area contributed by atoms with Gasteiger partial charge in [-0.05, 0) is 53.9 Å². The number of rotatable bonds is 5. The van der Waals surface area contributed by atoms with Gasteiger partial charge in [-0.15, -0.1) is 0 Å². The number of carbonyl (C=O) groups is 1. The minimum absolute atomic E-state index is 0.0592. The SMILES string of the molecule is O=C(C[C@@H]1C[C@@H]2CC[C@@H]1C2)Oc1ccc2ccccc2c1CN1CCOCC1. The number of esters is 1. The molecule has 3 fully saturated rings. The first-order valence-corrected chi connectivity index (χ1v) is 10.8. The minimum atomic E-state index is -0.0592. The van der Waals surface area contributed by atoms with Crippen LogP contribution in [-0.2, 0) is 16.1 Å². The van der Waals surface area contributed by atoms with Gasteiger partial charge in [0, 0.05) is 31.6 Å². The summed E-state index contributed by atoms with van der Waals surface area (Å²) in [5.74, 6) is 2.83. The molecule has 2 bridgehead atoms. The summed E-state index contributed by atoms with van der Waals surface area (Å²) in [6.45, 7) is 4.17. The Morgan fingerprint density at radius 3 is 2.71 bits per heavy atom. The van der Waals surface area contributed by atoms with E-state index in [2.05, 4.69) is 35.2 Å². The van der Waals surface area contributed by atoms with Crippen LogP contribution in [0.1, 0.15) is 37.7 Å². The van der Waals surface area contributed by atoms with Gasteiger partial charge in [0.05, 0.1) is 13.2 Å². The van der Waals surface area contributed by atoms with Gasteiger partial charge in [-0.3, -0.25) is 9.69 Å². The Bertz CT molecular complexity index is 858. The normalized spacial score (nSPS) is 27.4. The lowest BCUT2D eigenvalue weighted by molar-refractivity contribution is -0.135. The van der Waals surface area contributed by atoms with Crippen LogP contribution >= 0.6 is 0 Å². The van der Waals surface area contributed by atoms with Crippen molar-refractivity contribution in [3.63, 3.8) is 0 Å². The fourth-order valence-corrected chi connectivity index (χ4v) is 5.56. The zero-order valence-corrected chi connectivity index (χ0v) is 16.4. The molecule has 3 atom stereocenters. The summed E-state index contributed by atoms with van der Waals surface area (Å²) < 4.78 is 11.5. The van der Waals surface area contributed by atoms with Crippen molar-refractivity contribution in [2.75, 3.05) is 26.3 Å². The fraction of sp³-hybridized carbons (Fsp3) is 0.542. The first-order chi connectivity index (χ1) is 13.8. The minimum Gasteiger partial charge on any atom is -0.426 e. The van der Waals surface area contributed by atoms with Crippen molar-refractivity contribution in [3.05, 3.63) is 42.0 Å². The maximum Gasteiger partial charge on any atom is 0.311 e. The highest BCUT2D eigenvalue weighted by Gasteiger charge is 2.40. The van der Waals surface area contributed by atoms with Crippen molar-refractivity contribution < 1.29 is 14.3 Å². The Morgan fingerprint density at radius 1 is 1.07 bits per heavy atom. The molecule has 4 nitrogen and oxygen atoms in total. The molecule has 4 heteroatoms. The third-order valence-electron chi connectivity index (χ3n) is 7.02. The summed E-state index contributed by atoms with van der Waals surface area (Å²) in [4.78, 5) is 15.2. The Hall–Kier alpha value is -1.91. The monoisotopic (exact) mass is 379 g/mol. The molecule has 1 heterocycles. The van der Waals surface area contributed by atoms with Crippen LogP contribution in [0.15, 0.2) is 36.4 Å². The summed E-state index contributed by atoms with van der Waals surface area (Å²) in [6, 6.07) is 12.4. The maximum absolute atomic E-state index is 12.8. The number of carbonyl (C=O) groups excluding carboxylic acids is 1. The molecule has 2 aliphatic carbocycles. The zero-order chi connectivity index (χ0) is 18.9.